The summed E-state index contributed by atoms with van der Waals surface area (Å²) in [5.41, 5.74) is -1.24. The Balaban J connectivity index is 2.80. The number of rotatable bonds is 0. The Bertz CT molecular complexity index is 656. The molecule has 2 aromatic rings. The number of nitrogens with zero attached hydrogens (tertiary/aromatic N) is 1. The van der Waals surface area contributed by atoms with Crippen molar-refractivity contribution in [2.24, 2.45) is 0 Å². The van der Waals surface area contributed by atoms with Gasteiger partial charge in [-0.3, -0.25) is 4.79 Å². The lowest BCUT2D eigenvalue weighted by Crippen LogP contribution is -2.20. The summed E-state index contributed by atoms with van der Waals surface area (Å²) in [6, 6.07) is 2.55. The predicted octanol–water partition coefficient (Wildman–Crippen LogP) is 2.61. The summed E-state index contributed by atoms with van der Waals surface area (Å²) in [5.74, 6) is 0. The number of hydrogen-bond donors (Lipinski definition) is 1. The van der Waals surface area contributed by atoms with E-state index in [-0.39, 0.29) is 10.2 Å². The molecule has 4 nitrogen and oxygen atoms in total. The van der Waals surface area contributed by atoms with Crippen molar-refractivity contribution in [1.82, 2.24) is 4.57 Å². The van der Waals surface area contributed by atoms with Crippen LogP contribution in [0, 0.1) is 0 Å². The quantitative estimate of drug-likeness (QED) is 0.794. The second-order valence-corrected chi connectivity index (χ2v) is 4.16. The van der Waals surface area contributed by atoms with Crippen LogP contribution in [0.3, 0.4) is 0 Å². The van der Waals surface area contributed by atoms with Crippen LogP contribution in [0.4, 0.5) is 18.0 Å². The molecule has 0 radical (unpaired) electrons. The van der Waals surface area contributed by atoms with Crippen molar-refractivity contribution in [3.63, 3.8) is 0 Å². The third-order valence-corrected chi connectivity index (χ3v) is 3.02. The Hall–Kier alpha value is -1.83. The molecule has 0 unspecified atom stereocenters. The first-order valence-corrected chi connectivity index (χ1v) is 5.08. The Kier molecular flexibility index (Phi) is 2.46. The first kappa shape index (κ1) is 11.6. The van der Waals surface area contributed by atoms with Crippen LogP contribution in [0.2, 0.25) is 0 Å². The number of aromatic nitrogens is 1. The number of thiazole rings is 1. The molecule has 1 N–H and O–H groups in total. The topological polar surface area (TPSA) is 59.3 Å². The summed E-state index contributed by atoms with van der Waals surface area (Å²) in [6.07, 6.45) is -6.17. The molecule has 0 saturated heterocycles. The molecule has 0 aliphatic carbocycles. The number of halogens is 3. The summed E-state index contributed by atoms with van der Waals surface area (Å²) >= 11 is 0.586. The summed E-state index contributed by atoms with van der Waals surface area (Å²) in [7, 11) is 0. The van der Waals surface area contributed by atoms with Gasteiger partial charge in [0.1, 0.15) is 0 Å². The third-order valence-electron chi connectivity index (χ3n) is 2.10. The van der Waals surface area contributed by atoms with Crippen LogP contribution < -0.4 is 4.87 Å². The van der Waals surface area contributed by atoms with Gasteiger partial charge in [0.15, 0.2) is 0 Å². The van der Waals surface area contributed by atoms with Gasteiger partial charge in [-0.1, -0.05) is 11.3 Å². The first-order valence-electron chi connectivity index (χ1n) is 4.27. The fourth-order valence-corrected chi connectivity index (χ4v) is 2.22. The van der Waals surface area contributed by atoms with Crippen molar-refractivity contribution in [3.05, 3.63) is 33.4 Å². The highest BCUT2D eigenvalue weighted by atomic mass is 32.1. The minimum absolute atomic E-state index is 0.199. The zero-order valence-corrected chi connectivity index (χ0v) is 8.80. The molecule has 90 valence electrons. The van der Waals surface area contributed by atoms with Crippen LogP contribution in [-0.4, -0.2) is 15.8 Å². The highest BCUT2D eigenvalue weighted by molar-refractivity contribution is 7.16. The summed E-state index contributed by atoms with van der Waals surface area (Å²) in [4.78, 5) is 21.2. The van der Waals surface area contributed by atoms with Gasteiger partial charge in [0.05, 0.1) is 15.8 Å². The van der Waals surface area contributed by atoms with Gasteiger partial charge in [-0.2, -0.15) is 13.2 Å². The fourth-order valence-electron chi connectivity index (χ4n) is 1.37. The summed E-state index contributed by atoms with van der Waals surface area (Å²) < 4.78 is 37.8. The van der Waals surface area contributed by atoms with Gasteiger partial charge in [-0.25, -0.2) is 9.36 Å². The second kappa shape index (κ2) is 3.59. The van der Waals surface area contributed by atoms with Crippen LogP contribution in [0.5, 0.6) is 0 Å². The Morgan fingerprint density at radius 2 is 2.00 bits per heavy atom. The highest BCUT2D eigenvalue weighted by Gasteiger charge is 2.31. The number of carboxylic acid groups (broad SMARTS) is 1. The van der Waals surface area contributed by atoms with E-state index in [4.69, 9.17) is 5.11 Å². The van der Waals surface area contributed by atoms with Gasteiger partial charge in [-0.05, 0) is 18.2 Å². The number of hydrogen-bond acceptors (Lipinski definition) is 3. The molecule has 0 aliphatic rings. The molecule has 1 aromatic carbocycles. The van der Waals surface area contributed by atoms with E-state index in [0.29, 0.717) is 22.0 Å². The number of benzene rings is 1. The van der Waals surface area contributed by atoms with Crippen molar-refractivity contribution in [3.8, 4) is 0 Å². The molecule has 1 heterocycles. The van der Waals surface area contributed by atoms with Crippen molar-refractivity contribution in [2.75, 3.05) is 0 Å². The molecule has 0 saturated carbocycles. The molecule has 8 heteroatoms. The lowest BCUT2D eigenvalue weighted by atomic mass is 10.2. The van der Waals surface area contributed by atoms with Gasteiger partial charge in [0.2, 0.25) is 0 Å². The zero-order chi connectivity index (χ0) is 12.8. The number of alkyl halides is 3. The smallest absolute Gasteiger partial charge is 0.419 e. The SMILES string of the molecule is O=C(O)n1c(=O)sc2ccc(C(F)(F)F)cc21. The van der Waals surface area contributed by atoms with Crippen molar-refractivity contribution in [1.29, 1.82) is 0 Å². The van der Waals surface area contributed by atoms with Gasteiger partial charge < -0.3 is 5.11 Å². The van der Waals surface area contributed by atoms with Crippen molar-refractivity contribution >= 4 is 27.6 Å². The molecule has 0 atom stereocenters. The highest BCUT2D eigenvalue weighted by Crippen LogP contribution is 2.31. The molecular weight excluding hydrogens is 259 g/mol. The van der Waals surface area contributed by atoms with E-state index >= 15 is 0 Å². The maximum atomic E-state index is 12.4. The summed E-state index contributed by atoms with van der Waals surface area (Å²) in [5, 5.41) is 8.73. The number of fused-ring (bicyclic) bond motifs is 1. The third kappa shape index (κ3) is 1.91. The minimum atomic E-state index is -4.57. The molecule has 1 aromatic heterocycles. The molecular formula is C9H4F3NO3S. The molecule has 2 rings (SSSR count). The van der Waals surface area contributed by atoms with E-state index in [2.05, 4.69) is 0 Å². The summed E-state index contributed by atoms with van der Waals surface area (Å²) in [6.45, 7) is 0. The van der Waals surface area contributed by atoms with Crippen LogP contribution >= 0.6 is 11.3 Å². The van der Waals surface area contributed by atoms with E-state index in [1.807, 2.05) is 0 Å². The Labute approximate surface area is 95.5 Å². The fraction of sp³-hybridized carbons (Fsp3) is 0.111. The van der Waals surface area contributed by atoms with Crippen molar-refractivity contribution in [2.45, 2.75) is 6.18 Å². The van der Waals surface area contributed by atoms with Gasteiger partial charge >= 0.3 is 17.1 Å². The zero-order valence-electron chi connectivity index (χ0n) is 7.99. The second-order valence-electron chi connectivity index (χ2n) is 3.17. The monoisotopic (exact) mass is 263 g/mol. The predicted molar refractivity (Wildman–Crippen MR) is 54.5 cm³/mol. The normalized spacial score (nSPS) is 11.9. The van der Waals surface area contributed by atoms with E-state index in [0.717, 1.165) is 12.1 Å². The molecule has 0 spiro atoms. The lowest BCUT2D eigenvalue weighted by molar-refractivity contribution is -0.137. The lowest BCUT2D eigenvalue weighted by Gasteiger charge is -2.06. The van der Waals surface area contributed by atoms with E-state index in [1.165, 1.54) is 0 Å². The van der Waals surface area contributed by atoms with Gasteiger partial charge in [0.25, 0.3) is 0 Å². The standard InChI is InChI=1S/C9H4F3NO3S/c10-9(11,12)4-1-2-6-5(3-4)13(7(14)15)8(16)17-6/h1-3H,(H,14,15). The number of carbonyl (C=O) groups is 1. The van der Waals surface area contributed by atoms with Gasteiger partial charge in [0, 0.05) is 0 Å². The van der Waals surface area contributed by atoms with Crippen LogP contribution in [0.1, 0.15) is 5.56 Å². The average Bonchev–Trinajstić information content (AvgIpc) is 2.50. The Morgan fingerprint density at radius 3 is 2.53 bits per heavy atom. The molecule has 17 heavy (non-hydrogen) atoms. The van der Waals surface area contributed by atoms with E-state index in [1.54, 1.807) is 0 Å². The molecule has 0 fully saturated rings. The molecule has 0 aliphatic heterocycles. The maximum Gasteiger partial charge on any atom is 0.419 e. The van der Waals surface area contributed by atoms with E-state index < -0.39 is 22.7 Å². The largest absolute Gasteiger partial charge is 0.464 e. The molecule has 0 bridgehead atoms. The maximum absolute atomic E-state index is 12.4. The van der Waals surface area contributed by atoms with Gasteiger partial charge in [-0.15, -0.1) is 0 Å². The van der Waals surface area contributed by atoms with Crippen LogP contribution in [-0.2, 0) is 6.18 Å². The van der Waals surface area contributed by atoms with Crippen LogP contribution in [0.25, 0.3) is 10.2 Å². The average molecular weight is 263 g/mol. The van der Waals surface area contributed by atoms with E-state index in [9.17, 15) is 22.8 Å². The minimum Gasteiger partial charge on any atom is -0.464 e. The Morgan fingerprint density at radius 1 is 1.35 bits per heavy atom. The van der Waals surface area contributed by atoms with Crippen molar-refractivity contribution < 1.29 is 23.1 Å². The first-order chi connectivity index (χ1) is 7.80. The van der Waals surface area contributed by atoms with Crippen LogP contribution in [0.15, 0.2) is 23.0 Å². The molecule has 0 amide bonds.